The topological polar surface area (TPSA) is 73.7 Å². The molecule has 1 saturated heterocycles. The van der Waals surface area contributed by atoms with E-state index in [1.165, 1.54) is 11.3 Å². The SMILES string of the molecule is CCC1(C(=O)O)CCN(C(=O)N(C)Cc2cscn2)CC1. The fourth-order valence-electron chi connectivity index (χ4n) is 2.71. The van der Waals surface area contributed by atoms with E-state index in [-0.39, 0.29) is 6.03 Å². The number of nitrogens with zero attached hydrogens (tertiary/aromatic N) is 3. The third-order valence-electron chi connectivity index (χ3n) is 4.33. The molecule has 2 rings (SSSR count). The monoisotopic (exact) mass is 311 g/mol. The second-order valence-electron chi connectivity index (χ2n) is 5.54. The number of carboxylic acid groups (broad SMARTS) is 1. The van der Waals surface area contributed by atoms with Gasteiger partial charge in [-0.25, -0.2) is 9.78 Å². The summed E-state index contributed by atoms with van der Waals surface area (Å²) in [4.78, 5) is 31.3. The Morgan fingerprint density at radius 1 is 1.48 bits per heavy atom. The Bertz CT molecular complexity index is 496. The summed E-state index contributed by atoms with van der Waals surface area (Å²) in [5.74, 6) is -0.743. The summed E-state index contributed by atoms with van der Waals surface area (Å²) >= 11 is 1.51. The molecule has 1 aromatic rings. The average molecular weight is 311 g/mol. The number of carbonyl (C=O) groups excluding carboxylic acids is 1. The molecule has 0 radical (unpaired) electrons. The summed E-state index contributed by atoms with van der Waals surface area (Å²) in [5.41, 5.74) is 1.96. The van der Waals surface area contributed by atoms with Crippen LogP contribution >= 0.6 is 11.3 Å². The van der Waals surface area contributed by atoms with Crippen molar-refractivity contribution in [2.24, 2.45) is 5.41 Å². The number of rotatable bonds is 4. The molecule has 1 N–H and O–H groups in total. The van der Waals surface area contributed by atoms with E-state index in [0.717, 1.165) is 5.69 Å². The van der Waals surface area contributed by atoms with Crippen LogP contribution in [0.4, 0.5) is 4.79 Å². The Kier molecular flexibility index (Phi) is 4.82. The molecular weight excluding hydrogens is 290 g/mol. The molecular formula is C14H21N3O3S. The predicted octanol–water partition coefficient (Wildman–Crippen LogP) is 2.27. The molecule has 1 aromatic heterocycles. The van der Waals surface area contributed by atoms with E-state index in [9.17, 15) is 14.7 Å². The summed E-state index contributed by atoms with van der Waals surface area (Å²) in [6.45, 7) is 3.39. The van der Waals surface area contributed by atoms with Crippen LogP contribution in [0.5, 0.6) is 0 Å². The molecule has 2 heterocycles. The first-order valence-electron chi connectivity index (χ1n) is 7.09. The van der Waals surface area contributed by atoms with Gasteiger partial charge in [0.2, 0.25) is 0 Å². The zero-order chi connectivity index (χ0) is 15.5. The summed E-state index contributed by atoms with van der Waals surface area (Å²) < 4.78 is 0. The first kappa shape index (κ1) is 15.8. The molecule has 0 bridgehead atoms. The number of carbonyl (C=O) groups is 2. The van der Waals surface area contributed by atoms with Crippen LogP contribution in [0.3, 0.4) is 0 Å². The van der Waals surface area contributed by atoms with Crippen LogP contribution in [0.25, 0.3) is 0 Å². The van der Waals surface area contributed by atoms with Gasteiger partial charge in [-0.15, -0.1) is 11.3 Å². The fraction of sp³-hybridized carbons (Fsp3) is 0.643. The first-order chi connectivity index (χ1) is 9.98. The number of hydrogen-bond donors (Lipinski definition) is 1. The highest BCUT2D eigenvalue weighted by atomic mass is 32.1. The van der Waals surface area contributed by atoms with Gasteiger partial charge in [0.25, 0.3) is 0 Å². The smallest absolute Gasteiger partial charge is 0.320 e. The van der Waals surface area contributed by atoms with Gasteiger partial charge in [0.15, 0.2) is 0 Å². The maximum absolute atomic E-state index is 12.4. The third kappa shape index (κ3) is 3.34. The summed E-state index contributed by atoms with van der Waals surface area (Å²) in [7, 11) is 1.75. The molecule has 116 valence electrons. The van der Waals surface area contributed by atoms with Crippen molar-refractivity contribution in [3.8, 4) is 0 Å². The van der Waals surface area contributed by atoms with Crippen LogP contribution in [-0.2, 0) is 11.3 Å². The van der Waals surface area contributed by atoms with Crippen molar-refractivity contribution >= 4 is 23.3 Å². The molecule has 0 saturated carbocycles. The average Bonchev–Trinajstić information content (AvgIpc) is 2.99. The van der Waals surface area contributed by atoms with Crippen LogP contribution in [0.2, 0.25) is 0 Å². The highest BCUT2D eigenvalue weighted by Crippen LogP contribution is 2.35. The number of aliphatic carboxylic acids is 1. The molecule has 0 aliphatic carbocycles. The molecule has 7 heteroatoms. The summed E-state index contributed by atoms with van der Waals surface area (Å²) in [6, 6.07) is -0.0573. The lowest BCUT2D eigenvalue weighted by Gasteiger charge is -2.39. The lowest BCUT2D eigenvalue weighted by Crippen LogP contribution is -2.49. The van der Waals surface area contributed by atoms with E-state index < -0.39 is 11.4 Å². The fourth-order valence-corrected chi connectivity index (χ4v) is 3.26. The van der Waals surface area contributed by atoms with Gasteiger partial charge in [-0.3, -0.25) is 4.79 Å². The molecule has 0 spiro atoms. The molecule has 0 unspecified atom stereocenters. The van der Waals surface area contributed by atoms with Crippen LogP contribution in [0, 0.1) is 5.41 Å². The third-order valence-corrected chi connectivity index (χ3v) is 4.97. The van der Waals surface area contributed by atoms with Gasteiger partial charge in [-0.1, -0.05) is 6.92 Å². The first-order valence-corrected chi connectivity index (χ1v) is 8.03. The molecule has 0 aromatic carbocycles. The largest absolute Gasteiger partial charge is 0.481 e. The highest BCUT2D eigenvalue weighted by molar-refractivity contribution is 7.07. The zero-order valence-corrected chi connectivity index (χ0v) is 13.2. The summed E-state index contributed by atoms with van der Waals surface area (Å²) in [5, 5.41) is 11.3. The van der Waals surface area contributed by atoms with Crippen molar-refractivity contribution in [2.45, 2.75) is 32.7 Å². The van der Waals surface area contributed by atoms with Crippen molar-refractivity contribution in [2.75, 3.05) is 20.1 Å². The van der Waals surface area contributed by atoms with Gasteiger partial charge in [-0.2, -0.15) is 0 Å². The maximum atomic E-state index is 12.4. The predicted molar refractivity (Wildman–Crippen MR) is 80.1 cm³/mol. The van der Waals surface area contributed by atoms with Crippen molar-refractivity contribution < 1.29 is 14.7 Å². The molecule has 1 aliphatic heterocycles. The van der Waals surface area contributed by atoms with Crippen molar-refractivity contribution in [1.29, 1.82) is 0 Å². The van der Waals surface area contributed by atoms with Crippen LogP contribution < -0.4 is 0 Å². The van der Waals surface area contributed by atoms with E-state index in [4.69, 9.17) is 0 Å². The Morgan fingerprint density at radius 3 is 2.62 bits per heavy atom. The van der Waals surface area contributed by atoms with E-state index in [2.05, 4.69) is 4.98 Å². The Balaban J connectivity index is 1.92. The van der Waals surface area contributed by atoms with Gasteiger partial charge < -0.3 is 14.9 Å². The maximum Gasteiger partial charge on any atom is 0.320 e. The molecule has 0 atom stereocenters. The van der Waals surface area contributed by atoms with Crippen molar-refractivity contribution in [3.63, 3.8) is 0 Å². The number of likely N-dealkylation sites (tertiary alicyclic amines) is 1. The van der Waals surface area contributed by atoms with Crippen molar-refractivity contribution in [3.05, 3.63) is 16.6 Å². The van der Waals surface area contributed by atoms with Crippen LogP contribution in [-0.4, -0.2) is 52.0 Å². The number of thiazole rings is 1. The van der Waals surface area contributed by atoms with Gasteiger partial charge in [0.1, 0.15) is 0 Å². The number of aromatic nitrogens is 1. The molecule has 1 fully saturated rings. The Labute approximate surface area is 128 Å². The number of urea groups is 1. The highest BCUT2D eigenvalue weighted by Gasteiger charge is 2.41. The van der Waals surface area contributed by atoms with Crippen LogP contribution in [0.15, 0.2) is 10.9 Å². The molecule has 21 heavy (non-hydrogen) atoms. The Hall–Kier alpha value is -1.63. The molecule has 2 amide bonds. The molecule has 6 nitrogen and oxygen atoms in total. The van der Waals surface area contributed by atoms with E-state index in [0.29, 0.717) is 38.9 Å². The normalized spacial score (nSPS) is 17.5. The quantitative estimate of drug-likeness (QED) is 0.925. The Morgan fingerprint density at radius 2 is 2.14 bits per heavy atom. The lowest BCUT2D eigenvalue weighted by atomic mass is 9.76. The van der Waals surface area contributed by atoms with Crippen molar-refractivity contribution in [1.82, 2.24) is 14.8 Å². The minimum absolute atomic E-state index is 0.0573. The number of carboxylic acids is 1. The number of amides is 2. The number of hydrogen-bond acceptors (Lipinski definition) is 4. The van der Waals surface area contributed by atoms with E-state index >= 15 is 0 Å². The van der Waals surface area contributed by atoms with Gasteiger partial charge >= 0.3 is 12.0 Å². The van der Waals surface area contributed by atoms with Gasteiger partial charge in [0, 0.05) is 25.5 Å². The second kappa shape index (κ2) is 6.43. The minimum atomic E-state index is -0.743. The van der Waals surface area contributed by atoms with E-state index in [1.54, 1.807) is 22.4 Å². The zero-order valence-electron chi connectivity index (χ0n) is 12.4. The molecule has 1 aliphatic rings. The number of piperidine rings is 1. The van der Waals surface area contributed by atoms with E-state index in [1.807, 2.05) is 12.3 Å². The second-order valence-corrected chi connectivity index (χ2v) is 6.26. The lowest BCUT2D eigenvalue weighted by molar-refractivity contribution is -0.152. The minimum Gasteiger partial charge on any atom is -0.481 e. The summed E-state index contributed by atoms with van der Waals surface area (Å²) in [6.07, 6.45) is 1.66. The van der Waals surface area contributed by atoms with Gasteiger partial charge in [-0.05, 0) is 19.3 Å². The van der Waals surface area contributed by atoms with Crippen LogP contribution in [0.1, 0.15) is 31.9 Å². The van der Waals surface area contributed by atoms with Gasteiger partial charge in [0.05, 0.1) is 23.2 Å². The standard InChI is InChI=1S/C14H21N3O3S/c1-3-14(12(18)19)4-6-17(7-5-14)13(20)16(2)8-11-9-21-10-15-11/h9-10H,3-8H2,1-2H3,(H,18,19).